The van der Waals surface area contributed by atoms with E-state index in [0.29, 0.717) is 12.2 Å². The van der Waals surface area contributed by atoms with Gasteiger partial charge in [-0.25, -0.2) is 14.4 Å². The molecule has 1 heterocycles. The highest BCUT2D eigenvalue weighted by Gasteiger charge is 2.08. The van der Waals surface area contributed by atoms with Crippen LogP contribution >= 0.6 is 0 Å². The monoisotopic (exact) mass is 532 g/mol. The van der Waals surface area contributed by atoms with E-state index in [9.17, 15) is 4.39 Å². The summed E-state index contributed by atoms with van der Waals surface area (Å²) in [6, 6.07) is 16.4. The Balaban J connectivity index is 1.38. The van der Waals surface area contributed by atoms with E-state index < -0.39 is 6.17 Å². The van der Waals surface area contributed by atoms with Crippen LogP contribution in [0.3, 0.4) is 0 Å². The van der Waals surface area contributed by atoms with E-state index in [1.54, 1.807) is 0 Å². The van der Waals surface area contributed by atoms with E-state index in [-0.39, 0.29) is 6.61 Å². The summed E-state index contributed by atoms with van der Waals surface area (Å²) >= 11 is 0. The number of aromatic nitrogens is 2. The van der Waals surface area contributed by atoms with E-state index in [4.69, 9.17) is 4.74 Å². The molecular weight excluding hydrogens is 483 g/mol. The smallest absolute Gasteiger partial charge is 0.159 e. The molecular formula is C35H49FN2O. The molecule has 0 amide bonds. The third-order valence-corrected chi connectivity index (χ3v) is 7.42. The van der Waals surface area contributed by atoms with Crippen LogP contribution in [0.15, 0.2) is 60.9 Å². The number of hydrogen-bond donors (Lipinski definition) is 0. The molecule has 0 radical (unpaired) electrons. The Bertz CT molecular complexity index is 1020. The largest absolute Gasteiger partial charge is 0.491 e. The van der Waals surface area contributed by atoms with Crippen LogP contribution in [0.25, 0.3) is 22.5 Å². The standard InChI is InChI=1S/C35H49FN2O/c1-3-5-7-8-9-10-11-12-13-15-16-29-18-20-31(21-19-29)35-37-26-32(27-38-35)30-22-24-34(25-23-30)39-28-33(36)17-14-6-4-2/h18-27,33H,3-17,28H2,1-2H3. The van der Waals surface area contributed by atoms with Gasteiger partial charge in [0.05, 0.1) is 0 Å². The van der Waals surface area contributed by atoms with Crippen LogP contribution < -0.4 is 4.74 Å². The second-order valence-electron chi connectivity index (χ2n) is 10.9. The molecule has 0 aliphatic heterocycles. The molecule has 0 aliphatic carbocycles. The van der Waals surface area contributed by atoms with Crippen LogP contribution in [0, 0.1) is 0 Å². The highest BCUT2D eigenvalue weighted by atomic mass is 19.1. The van der Waals surface area contributed by atoms with E-state index in [1.165, 1.54) is 69.8 Å². The van der Waals surface area contributed by atoms with Gasteiger partial charge in [-0.2, -0.15) is 0 Å². The van der Waals surface area contributed by atoms with Crippen molar-refractivity contribution in [1.29, 1.82) is 0 Å². The first kappa shape index (κ1) is 30.8. The van der Waals surface area contributed by atoms with Gasteiger partial charge in [0.15, 0.2) is 5.82 Å². The van der Waals surface area contributed by atoms with Crippen LogP contribution in [0.4, 0.5) is 4.39 Å². The predicted molar refractivity (Wildman–Crippen MR) is 163 cm³/mol. The van der Waals surface area contributed by atoms with Crippen molar-refractivity contribution in [1.82, 2.24) is 9.97 Å². The van der Waals surface area contributed by atoms with Gasteiger partial charge < -0.3 is 4.74 Å². The number of halogens is 1. The summed E-state index contributed by atoms with van der Waals surface area (Å²) in [5, 5.41) is 0. The van der Waals surface area contributed by atoms with Crippen molar-refractivity contribution in [3.8, 4) is 28.3 Å². The zero-order valence-corrected chi connectivity index (χ0v) is 24.3. The third-order valence-electron chi connectivity index (χ3n) is 7.42. The quantitative estimate of drug-likeness (QED) is 0.136. The molecule has 0 fully saturated rings. The topological polar surface area (TPSA) is 35.0 Å². The van der Waals surface area contributed by atoms with Gasteiger partial charge in [0, 0.05) is 23.5 Å². The summed E-state index contributed by atoms with van der Waals surface area (Å²) in [5.41, 5.74) is 4.39. The molecule has 0 N–H and O–H groups in total. The van der Waals surface area contributed by atoms with Crippen LogP contribution in [-0.2, 0) is 6.42 Å². The number of alkyl halides is 1. The van der Waals surface area contributed by atoms with Crippen molar-refractivity contribution in [2.24, 2.45) is 0 Å². The van der Waals surface area contributed by atoms with Gasteiger partial charge in [0.1, 0.15) is 18.5 Å². The van der Waals surface area contributed by atoms with Gasteiger partial charge in [0.25, 0.3) is 0 Å². The van der Waals surface area contributed by atoms with E-state index in [1.807, 2.05) is 36.7 Å². The molecule has 1 atom stereocenters. The summed E-state index contributed by atoms with van der Waals surface area (Å²) in [6.07, 6.45) is 21.3. The first-order valence-corrected chi connectivity index (χ1v) is 15.5. The molecule has 0 spiro atoms. The van der Waals surface area contributed by atoms with Crippen molar-refractivity contribution in [3.05, 3.63) is 66.5 Å². The number of aryl methyl sites for hydroxylation is 1. The second kappa shape index (κ2) is 18.5. The van der Waals surface area contributed by atoms with Crippen LogP contribution in [0.5, 0.6) is 5.75 Å². The SMILES string of the molecule is CCCCCCCCCCCCc1ccc(-c2ncc(-c3ccc(OCC(F)CCCCC)cc3)cn2)cc1. The maximum atomic E-state index is 14.0. The zero-order chi connectivity index (χ0) is 27.5. The van der Waals surface area contributed by atoms with Gasteiger partial charge in [-0.1, -0.05) is 127 Å². The molecule has 2 aromatic carbocycles. The molecule has 0 aliphatic rings. The number of nitrogens with zero attached hydrogens (tertiary/aromatic N) is 2. The third kappa shape index (κ3) is 11.9. The average molecular weight is 533 g/mol. The van der Waals surface area contributed by atoms with Crippen LogP contribution in [0.1, 0.15) is 109 Å². The Morgan fingerprint density at radius 1 is 0.615 bits per heavy atom. The molecule has 0 saturated carbocycles. The summed E-state index contributed by atoms with van der Waals surface area (Å²) < 4.78 is 19.6. The molecule has 3 nitrogen and oxygen atoms in total. The predicted octanol–water partition coefficient (Wildman–Crippen LogP) is 10.6. The van der Waals surface area contributed by atoms with Gasteiger partial charge >= 0.3 is 0 Å². The van der Waals surface area contributed by atoms with Crippen molar-refractivity contribution in [2.45, 2.75) is 116 Å². The molecule has 0 saturated heterocycles. The fraction of sp³-hybridized carbons (Fsp3) is 0.543. The lowest BCUT2D eigenvalue weighted by Gasteiger charge is -2.11. The van der Waals surface area contributed by atoms with Gasteiger partial charge in [-0.05, 0) is 42.5 Å². The maximum Gasteiger partial charge on any atom is 0.159 e. The van der Waals surface area contributed by atoms with E-state index in [0.717, 1.165) is 48.2 Å². The number of unbranched alkanes of at least 4 members (excludes halogenated alkanes) is 11. The first-order chi connectivity index (χ1) is 19.2. The highest BCUT2D eigenvalue weighted by Crippen LogP contribution is 2.24. The summed E-state index contributed by atoms with van der Waals surface area (Å²) in [7, 11) is 0. The maximum absolute atomic E-state index is 14.0. The van der Waals surface area contributed by atoms with Gasteiger partial charge in [-0.3, -0.25) is 0 Å². The Labute approximate surface area is 236 Å². The first-order valence-electron chi connectivity index (χ1n) is 15.5. The van der Waals surface area contributed by atoms with E-state index in [2.05, 4.69) is 48.1 Å². The molecule has 212 valence electrons. The summed E-state index contributed by atoms with van der Waals surface area (Å²) in [6.45, 7) is 4.51. The van der Waals surface area contributed by atoms with Crippen LogP contribution in [-0.4, -0.2) is 22.7 Å². The lowest BCUT2D eigenvalue weighted by molar-refractivity contribution is 0.184. The fourth-order valence-electron chi connectivity index (χ4n) is 4.89. The lowest BCUT2D eigenvalue weighted by atomic mass is 10.0. The molecule has 3 rings (SSSR count). The van der Waals surface area contributed by atoms with Crippen LogP contribution in [0.2, 0.25) is 0 Å². The van der Waals surface area contributed by atoms with Gasteiger partial charge in [0.2, 0.25) is 0 Å². The molecule has 0 bridgehead atoms. The highest BCUT2D eigenvalue weighted by molar-refractivity contribution is 5.64. The Kier molecular flexibility index (Phi) is 14.6. The number of ether oxygens (including phenoxy) is 1. The molecule has 1 aromatic heterocycles. The minimum absolute atomic E-state index is 0.110. The number of benzene rings is 2. The molecule has 1 unspecified atom stereocenters. The number of rotatable bonds is 20. The minimum atomic E-state index is -0.911. The minimum Gasteiger partial charge on any atom is -0.491 e. The van der Waals surface area contributed by atoms with Crippen molar-refractivity contribution in [3.63, 3.8) is 0 Å². The Morgan fingerprint density at radius 3 is 1.77 bits per heavy atom. The van der Waals surface area contributed by atoms with E-state index >= 15 is 0 Å². The summed E-state index contributed by atoms with van der Waals surface area (Å²) in [5.74, 6) is 1.42. The lowest BCUT2D eigenvalue weighted by Crippen LogP contribution is -2.12. The average Bonchev–Trinajstić information content (AvgIpc) is 2.98. The number of hydrogen-bond acceptors (Lipinski definition) is 3. The Hall–Kier alpha value is -2.75. The van der Waals surface area contributed by atoms with Gasteiger partial charge in [-0.15, -0.1) is 0 Å². The molecule has 3 aromatic rings. The Morgan fingerprint density at radius 2 is 1.15 bits per heavy atom. The second-order valence-corrected chi connectivity index (χ2v) is 10.9. The normalized spacial score (nSPS) is 12.0. The van der Waals surface area contributed by atoms with Crippen molar-refractivity contribution >= 4 is 0 Å². The zero-order valence-electron chi connectivity index (χ0n) is 24.3. The van der Waals surface area contributed by atoms with Crippen molar-refractivity contribution < 1.29 is 9.13 Å². The molecule has 4 heteroatoms. The fourth-order valence-corrected chi connectivity index (χ4v) is 4.89. The molecule has 39 heavy (non-hydrogen) atoms. The summed E-state index contributed by atoms with van der Waals surface area (Å²) in [4.78, 5) is 9.22. The van der Waals surface area contributed by atoms with Crippen molar-refractivity contribution in [2.75, 3.05) is 6.61 Å².